The van der Waals surface area contributed by atoms with E-state index in [1.54, 1.807) is 11.8 Å². The lowest BCUT2D eigenvalue weighted by atomic mass is 9.87. The molecule has 0 bridgehead atoms. The lowest BCUT2D eigenvalue weighted by molar-refractivity contribution is 0.113. The topological polar surface area (TPSA) is 76.7 Å². The number of amides is 1. The number of ether oxygens (including phenoxy) is 1. The summed E-state index contributed by atoms with van der Waals surface area (Å²) in [5.41, 5.74) is 5.93. The van der Waals surface area contributed by atoms with Gasteiger partial charge < -0.3 is 10.5 Å². The van der Waals surface area contributed by atoms with Gasteiger partial charge in [-0.15, -0.1) is 11.8 Å². The van der Waals surface area contributed by atoms with Crippen LogP contribution in [0, 0.1) is 5.92 Å². The lowest BCUT2D eigenvalue weighted by Crippen LogP contribution is -2.35. The van der Waals surface area contributed by atoms with Crippen molar-refractivity contribution in [3.63, 3.8) is 0 Å². The van der Waals surface area contributed by atoms with Crippen molar-refractivity contribution in [2.24, 2.45) is 16.6 Å². The number of rotatable bonds is 4. The van der Waals surface area contributed by atoms with Crippen LogP contribution in [0.1, 0.15) is 46.5 Å². The van der Waals surface area contributed by atoms with E-state index in [0.29, 0.717) is 12.0 Å². The second-order valence-electron chi connectivity index (χ2n) is 5.56. The van der Waals surface area contributed by atoms with Crippen LogP contribution in [0.2, 0.25) is 0 Å². The molecule has 0 aromatic heterocycles. The highest BCUT2D eigenvalue weighted by molar-refractivity contribution is 8.13. The van der Waals surface area contributed by atoms with E-state index in [-0.39, 0.29) is 12.3 Å². The summed E-state index contributed by atoms with van der Waals surface area (Å²) in [6.45, 7) is 5.52. The first kappa shape index (κ1) is 17.3. The molecule has 1 saturated carbocycles. The molecule has 0 aromatic carbocycles. The van der Waals surface area contributed by atoms with Gasteiger partial charge in [0, 0.05) is 12.0 Å². The standard InChI is InChI=1S/C14H27N3O2S/c1-9(2)19-14(18)17-10(3)16-13(20-4)11-5-7-12(15)8-6-11/h9-12H,5-8,15H2,1-4H3,(H,17,18)/b16-13-. The van der Waals surface area contributed by atoms with Crippen LogP contribution >= 0.6 is 11.8 Å². The van der Waals surface area contributed by atoms with E-state index in [9.17, 15) is 4.79 Å². The van der Waals surface area contributed by atoms with E-state index in [1.165, 1.54) is 0 Å². The van der Waals surface area contributed by atoms with Crippen LogP contribution in [0.5, 0.6) is 0 Å². The Bertz CT molecular complexity index is 339. The van der Waals surface area contributed by atoms with Crippen molar-refractivity contribution in [3.8, 4) is 0 Å². The Labute approximate surface area is 126 Å². The third-order valence-electron chi connectivity index (χ3n) is 3.32. The zero-order chi connectivity index (χ0) is 15.1. The molecule has 0 saturated heterocycles. The number of thioether (sulfide) groups is 1. The Kier molecular flexibility index (Phi) is 7.37. The predicted molar refractivity (Wildman–Crippen MR) is 85.1 cm³/mol. The minimum absolute atomic E-state index is 0.119. The molecule has 1 amide bonds. The molecular formula is C14H27N3O2S. The molecule has 0 spiro atoms. The number of hydrogen-bond donors (Lipinski definition) is 2. The van der Waals surface area contributed by atoms with Crippen LogP contribution < -0.4 is 11.1 Å². The molecular weight excluding hydrogens is 274 g/mol. The zero-order valence-electron chi connectivity index (χ0n) is 12.9. The fraction of sp³-hybridized carbons (Fsp3) is 0.857. The number of aliphatic imine (C=N–C) groups is 1. The van der Waals surface area contributed by atoms with Gasteiger partial charge in [0.1, 0.15) is 6.17 Å². The fourth-order valence-electron chi connectivity index (χ4n) is 2.33. The highest BCUT2D eigenvalue weighted by Gasteiger charge is 2.23. The maximum Gasteiger partial charge on any atom is 0.409 e. The van der Waals surface area contributed by atoms with Crippen LogP contribution in [0.3, 0.4) is 0 Å². The summed E-state index contributed by atoms with van der Waals surface area (Å²) in [6, 6.07) is 0.339. The predicted octanol–water partition coefficient (Wildman–Crippen LogP) is 2.75. The van der Waals surface area contributed by atoms with Crippen molar-refractivity contribution < 1.29 is 9.53 Å². The van der Waals surface area contributed by atoms with E-state index < -0.39 is 6.09 Å². The van der Waals surface area contributed by atoms with Gasteiger partial charge in [-0.3, -0.25) is 10.3 Å². The number of carbonyl (C=O) groups is 1. The fourth-order valence-corrected chi connectivity index (χ4v) is 3.17. The summed E-state index contributed by atoms with van der Waals surface area (Å²) in [4.78, 5) is 16.1. The molecule has 20 heavy (non-hydrogen) atoms. The van der Waals surface area contributed by atoms with Crippen LogP contribution in [0.15, 0.2) is 4.99 Å². The summed E-state index contributed by atoms with van der Waals surface area (Å²) in [7, 11) is 0. The molecule has 1 rings (SSSR count). The van der Waals surface area contributed by atoms with Crippen LogP contribution in [-0.2, 0) is 4.74 Å². The molecule has 1 atom stereocenters. The smallest absolute Gasteiger partial charge is 0.409 e. The highest BCUT2D eigenvalue weighted by atomic mass is 32.2. The highest BCUT2D eigenvalue weighted by Crippen LogP contribution is 2.28. The quantitative estimate of drug-likeness (QED) is 0.618. The van der Waals surface area contributed by atoms with Gasteiger partial charge in [0.15, 0.2) is 0 Å². The first-order valence-electron chi connectivity index (χ1n) is 7.26. The van der Waals surface area contributed by atoms with Gasteiger partial charge in [-0.2, -0.15) is 0 Å². The Morgan fingerprint density at radius 3 is 2.40 bits per heavy atom. The van der Waals surface area contributed by atoms with Gasteiger partial charge >= 0.3 is 6.09 Å². The Hall–Kier alpha value is -0.750. The number of hydrogen-bond acceptors (Lipinski definition) is 5. The summed E-state index contributed by atoms with van der Waals surface area (Å²) >= 11 is 1.66. The average Bonchev–Trinajstić information content (AvgIpc) is 2.36. The molecule has 1 aliphatic carbocycles. The minimum atomic E-state index is -0.414. The number of nitrogens with zero attached hydrogens (tertiary/aromatic N) is 1. The molecule has 6 heteroatoms. The second-order valence-corrected chi connectivity index (χ2v) is 6.38. The molecule has 0 heterocycles. The summed E-state index contributed by atoms with van der Waals surface area (Å²) in [6.07, 6.45) is 5.52. The largest absolute Gasteiger partial charge is 0.447 e. The van der Waals surface area contributed by atoms with E-state index in [4.69, 9.17) is 10.5 Å². The molecule has 0 radical (unpaired) electrons. The third-order valence-corrected chi connectivity index (χ3v) is 4.18. The molecule has 0 aliphatic heterocycles. The van der Waals surface area contributed by atoms with Crippen molar-refractivity contribution in [1.29, 1.82) is 0 Å². The Morgan fingerprint density at radius 2 is 1.90 bits per heavy atom. The van der Waals surface area contributed by atoms with Gasteiger partial charge in [0.25, 0.3) is 0 Å². The molecule has 0 aromatic rings. The van der Waals surface area contributed by atoms with Crippen molar-refractivity contribution in [2.45, 2.75) is 64.8 Å². The summed E-state index contributed by atoms with van der Waals surface area (Å²) in [5, 5.41) is 3.84. The second kappa shape index (κ2) is 8.52. The Balaban J connectivity index is 2.52. The Morgan fingerprint density at radius 1 is 1.30 bits per heavy atom. The molecule has 1 unspecified atom stereocenters. The lowest BCUT2D eigenvalue weighted by Gasteiger charge is -2.27. The number of nitrogens with two attached hydrogens (primary N) is 1. The van der Waals surface area contributed by atoms with Gasteiger partial charge in [0.2, 0.25) is 0 Å². The van der Waals surface area contributed by atoms with Crippen LogP contribution in [0.4, 0.5) is 4.79 Å². The van der Waals surface area contributed by atoms with Gasteiger partial charge in [-0.05, 0) is 52.7 Å². The maximum absolute atomic E-state index is 11.5. The first-order valence-corrected chi connectivity index (χ1v) is 8.49. The number of nitrogens with one attached hydrogen (secondary N) is 1. The van der Waals surface area contributed by atoms with Crippen molar-refractivity contribution in [1.82, 2.24) is 5.32 Å². The van der Waals surface area contributed by atoms with Crippen molar-refractivity contribution >= 4 is 22.9 Å². The summed E-state index contributed by atoms with van der Waals surface area (Å²) < 4.78 is 5.05. The van der Waals surface area contributed by atoms with Crippen LogP contribution in [0.25, 0.3) is 0 Å². The SMILES string of the molecule is CS/C(=N\C(C)NC(=O)OC(C)C)C1CCC(N)CC1. The van der Waals surface area contributed by atoms with Gasteiger partial charge in [-0.1, -0.05) is 0 Å². The average molecular weight is 301 g/mol. The third kappa shape index (κ3) is 6.13. The first-order chi connectivity index (χ1) is 9.42. The number of alkyl carbamates (subject to hydrolysis) is 1. The zero-order valence-corrected chi connectivity index (χ0v) is 13.7. The minimum Gasteiger partial charge on any atom is -0.447 e. The molecule has 5 nitrogen and oxygen atoms in total. The van der Waals surface area contributed by atoms with E-state index in [0.717, 1.165) is 30.7 Å². The molecule has 1 aliphatic rings. The van der Waals surface area contributed by atoms with E-state index >= 15 is 0 Å². The molecule has 3 N–H and O–H groups in total. The van der Waals surface area contributed by atoms with Crippen molar-refractivity contribution in [2.75, 3.05) is 6.26 Å². The number of carbonyl (C=O) groups excluding carboxylic acids is 1. The van der Waals surface area contributed by atoms with Crippen LogP contribution in [-0.4, -0.2) is 35.7 Å². The molecule has 116 valence electrons. The van der Waals surface area contributed by atoms with Gasteiger partial charge in [-0.25, -0.2) is 4.79 Å². The van der Waals surface area contributed by atoms with E-state index in [2.05, 4.69) is 10.3 Å². The van der Waals surface area contributed by atoms with Gasteiger partial charge in [0.05, 0.1) is 11.1 Å². The van der Waals surface area contributed by atoms with E-state index in [1.807, 2.05) is 27.0 Å². The summed E-state index contributed by atoms with van der Waals surface area (Å²) in [5.74, 6) is 0.482. The maximum atomic E-state index is 11.5. The van der Waals surface area contributed by atoms with Crippen molar-refractivity contribution in [3.05, 3.63) is 0 Å². The normalized spacial score (nSPS) is 25.4. The molecule has 1 fully saturated rings. The monoisotopic (exact) mass is 301 g/mol.